The number of nitrogens with one attached hydrogen (secondary N) is 2. The molecule has 25 heavy (non-hydrogen) atoms. The molecule has 2 N–H and O–H groups in total. The van der Waals surface area contributed by atoms with E-state index in [9.17, 15) is 9.59 Å². The number of H-pyrrole nitrogens is 1. The van der Waals surface area contributed by atoms with Gasteiger partial charge in [0.25, 0.3) is 0 Å². The fourth-order valence-corrected chi connectivity index (χ4v) is 3.54. The highest BCUT2D eigenvalue weighted by Gasteiger charge is 2.49. The van der Waals surface area contributed by atoms with Gasteiger partial charge >= 0.3 is 0 Å². The minimum absolute atomic E-state index is 0.0417. The zero-order valence-electron chi connectivity index (χ0n) is 13.9. The lowest BCUT2D eigenvalue weighted by molar-refractivity contribution is -0.129. The molecule has 2 aliphatic rings. The third kappa shape index (κ3) is 2.97. The van der Waals surface area contributed by atoms with E-state index in [4.69, 9.17) is 4.74 Å². The Morgan fingerprint density at radius 2 is 2.20 bits per heavy atom. The molecule has 4 rings (SSSR count). The lowest BCUT2D eigenvalue weighted by Gasteiger charge is -2.28. The second kappa shape index (κ2) is 6.23. The summed E-state index contributed by atoms with van der Waals surface area (Å²) in [5.41, 5.74) is 0.932. The number of carbonyl (C=O) groups is 2. The summed E-state index contributed by atoms with van der Waals surface area (Å²) in [6, 6.07) is 9.29. The Labute approximate surface area is 145 Å². The molecule has 1 saturated heterocycles. The van der Waals surface area contributed by atoms with Gasteiger partial charge in [0, 0.05) is 18.5 Å². The Kier molecular flexibility index (Phi) is 3.91. The molecule has 0 radical (unpaired) electrons. The van der Waals surface area contributed by atoms with Crippen LogP contribution in [-0.2, 0) is 9.59 Å². The molecule has 7 heteroatoms. The Morgan fingerprint density at radius 1 is 1.36 bits per heavy atom. The van der Waals surface area contributed by atoms with Crippen LogP contribution >= 0.6 is 0 Å². The molecule has 2 fully saturated rings. The molecule has 2 amide bonds. The molecular formula is C18H20N4O3. The summed E-state index contributed by atoms with van der Waals surface area (Å²) in [7, 11) is 1.61. The molecule has 1 aliphatic carbocycles. The summed E-state index contributed by atoms with van der Waals surface area (Å²) >= 11 is 0. The summed E-state index contributed by atoms with van der Waals surface area (Å²) in [5, 5.41) is 9.38. The van der Waals surface area contributed by atoms with E-state index >= 15 is 0 Å². The first kappa shape index (κ1) is 15.7. The zero-order valence-corrected chi connectivity index (χ0v) is 13.9. The Bertz CT molecular complexity index is 785. The number of carbonyl (C=O) groups excluding carboxylic acids is 2. The van der Waals surface area contributed by atoms with Gasteiger partial charge in [-0.3, -0.25) is 14.7 Å². The van der Waals surface area contributed by atoms with Crippen molar-refractivity contribution in [1.82, 2.24) is 15.1 Å². The maximum atomic E-state index is 12.8. The van der Waals surface area contributed by atoms with Gasteiger partial charge in [-0.25, -0.2) is 0 Å². The molecule has 130 valence electrons. The number of likely N-dealkylation sites (tertiary alicyclic amines) is 1. The van der Waals surface area contributed by atoms with E-state index in [1.54, 1.807) is 19.4 Å². The average Bonchev–Trinajstić information content (AvgIpc) is 3.21. The molecule has 2 aromatic rings. The van der Waals surface area contributed by atoms with E-state index in [-0.39, 0.29) is 30.3 Å². The van der Waals surface area contributed by atoms with Gasteiger partial charge in [0.2, 0.25) is 11.8 Å². The topological polar surface area (TPSA) is 87.3 Å². The van der Waals surface area contributed by atoms with E-state index in [0.717, 1.165) is 24.2 Å². The zero-order chi connectivity index (χ0) is 17.4. The summed E-state index contributed by atoms with van der Waals surface area (Å²) in [6.07, 6.45) is 3.80. The van der Waals surface area contributed by atoms with Crippen molar-refractivity contribution in [2.24, 2.45) is 5.92 Å². The Balaban J connectivity index is 1.66. The number of aromatic nitrogens is 2. The standard InChI is InChI=1S/C18H20N4O3/c1-25-13-4-2-3-11(9-13)17-14(10-16(23)22(17)12-5-6-12)18(24)20-15-7-8-19-21-15/h2-4,7-9,12,14,17H,5-6,10H2,1H3,(H2,19,20,21,24). The van der Waals surface area contributed by atoms with E-state index in [2.05, 4.69) is 15.5 Å². The fourth-order valence-electron chi connectivity index (χ4n) is 3.54. The first-order valence-corrected chi connectivity index (χ1v) is 8.42. The minimum Gasteiger partial charge on any atom is -0.497 e. The van der Waals surface area contributed by atoms with E-state index in [0.29, 0.717) is 5.82 Å². The number of hydrogen-bond acceptors (Lipinski definition) is 4. The molecule has 2 heterocycles. The molecule has 1 saturated carbocycles. The quantitative estimate of drug-likeness (QED) is 0.873. The monoisotopic (exact) mass is 340 g/mol. The third-order valence-electron chi connectivity index (χ3n) is 4.83. The van der Waals surface area contributed by atoms with Crippen molar-refractivity contribution in [3.05, 3.63) is 42.1 Å². The molecule has 0 spiro atoms. The smallest absolute Gasteiger partial charge is 0.231 e. The molecule has 7 nitrogen and oxygen atoms in total. The molecule has 2 unspecified atom stereocenters. The number of methoxy groups -OCH3 is 1. The number of anilines is 1. The first-order chi connectivity index (χ1) is 12.2. The summed E-state index contributed by atoms with van der Waals surface area (Å²) in [4.78, 5) is 27.3. The number of aromatic amines is 1. The minimum atomic E-state index is -0.441. The van der Waals surface area contributed by atoms with Crippen LogP contribution in [0.3, 0.4) is 0 Å². The molecule has 1 aromatic heterocycles. The molecule has 2 atom stereocenters. The van der Waals surface area contributed by atoms with Crippen LogP contribution in [-0.4, -0.2) is 40.1 Å². The van der Waals surface area contributed by atoms with Gasteiger partial charge < -0.3 is 15.0 Å². The van der Waals surface area contributed by atoms with Crippen LogP contribution in [0.4, 0.5) is 5.82 Å². The van der Waals surface area contributed by atoms with Gasteiger partial charge in [-0.2, -0.15) is 5.10 Å². The normalized spacial score (nSPS) is 22.9. The highest BCUT2D eigenvalue weighted by atomic mass is 16.5. The van der Waals surface area contributed by atoms with Gasteiger partial charge in [0.1, 0.15) is 11.6 Å². The molecule has 1 aromatic carbocycles. The van der Waals surface area contributed by atoms with Crippen LogP contribution in [0.5, 0.6) is 5.75 Å². The van der Waals surface area contributed by atoms with E-state index < -0.39 is 5.92 Å². The highest BCUT2D eigenvalue weighted by Crippen LogP contribution is 2.45. The number of ether oxygens (including phenoxy) is 1. The maximum absolute atomic E-state index is 12.8. The number of hydrogen-bond donors (Lipinski definition) is 2. The fraction of sp³-hybridized carbons (Fsp3) is 0.389. The molecular weight excluding hydrogens is 320 g/mol. The predicted octanol–water partition coefficient (Wildman–Crippen LogP) is 2.11. The van der Waals surface area contributed by atoms with Crippen molar-refractivity contribution >= 4 is 17.6 Å². The second-order valence-electron chi connectivity index (χ2n) is 6.52. The van der Waals surface area contributed by atoms with Crippen LogP contribution in [0.2, 0.25) is 0 Å². The number of amides is 2. The van der Waals surface area contributed by atoms with Gasteiger partial charge in [-0.1, -0.05) is 12.1 Å². The first-order valence-electron chi connectivity index (χ1n) is 8.42. The average molecular weight is 340 g/mol. The van der Waals surface area contributed by atoms with Crippen LogP contribution in [0.1, 0.15) is 30.9 Å². The second-order valence-corrected chi connectivity index (χ2v) is 6.52. The van der Waals surface area contributed by atoms with Crippen LogP contribution < -0.4 is 10.1 Å². The molecule has 0 bridgehead atoms. The number of rotatable bonds is 5. The van der Waals surface area contributed by atoms with Crippen LogP contribution in [0, 0.1) is 5.92 Å². The summed E-state index contributed by atoms with van der Waals surface area (Å²) in [6.45, 7) is 0. The Morgan fingerprint density at radius 3 is 2.88 bits per heavy atom. The van der Waals surface area contributed by atoms with Gasteiger partial charge in [-0.15, -0.1) is 0 Å². The maximum Gasteiger partial charge on any atom is 0.231 e. The van der Waals surface area contributed by atoms with Gasteiger partial charge in [0.05, 0.1) is 25.3 Å². The van der Waals surface area contributed by atoms with Crippen molar-refractivity contribution < 1.29 is 14.3 Å². The van der Waals surface area contributed by atoms with Gasteiger partial charge in [0.15, 0.2) is 0 Å². The van der Waals surface area contributed by atoms with Crippen molar-refractivity contribution in [2.75, 3.05) is 12.4 Å². The predicted molar refractivity (Wildman–Crippen MR) is 90.9 cm³/mol. The van der Waals surface area contributed by atoms with Crippen LogP contribution in [0.15, 0.2) is 36.5 Å². The van der Waals surface area contributed by atoms with Crippen molar-refractivity contribution in [1.29, 1.82) is 0 Å². The lowest BCUT2D eigenvalue weighted by Crippen LogP contribution is -2.34. The van der Waals surface area contributed by atoms with E-state index in [1.807, 2.05) is 29.2 Å². The van der Waals surface area contributed by atoms with E-state index in [1.165, 1.54) is 0 Å². The largest absolute Gasteiger partial charge is 0.497 e. The van der Waals surface area contributed by atoms with Crippen LogP contribution in [0.25, 0.3) is 0 Å². The summed E-state index contributed by atoms with van der Waals surface area (Å²) < 4.78 is 5.32. The van der Waals surface area contributed by atoms with Crippen molar-refractivity contribution in [2.45, 2.75) is 31.3 Å². The van der Waals surface area contributed by atoms with Crippen molar-refractivity contribution in [3.63, 3.8) is 0 Å². The highest BCUT2D eigenvalue weighted by molar-refractivity contribution is 5.97. The number of benzene rings is 1. The molecule has 1 aliphatic heterocycles. The lowest BCUT2D eigenvalue weighted by atomic mass is 9.92. The summed E-state index contributed by atoms with van der Waals surface area (Å²) in [5.74, 6) is 0.684. The third-order valence-corrected chi connectivity index (χ3v) is 4.83. The SMILES string of the molecule is COc1cccc(C2C(C(=O)Nc3ccn[nH]3)CC(=O)N2C2CC2)c1. The van der Waals surface area contributed by atoms with Crippen molar-refractivity contribution in [3.8, 4) is 5.75 Å². The Hall–Kier alpha value is -2.83. The van der Waals surface area contributed by atoms with Gasteiger partial charge in [-0.05, 0) is 30.5 Å². The number of nitrogens with zero attached hydrogens (tertiary/aromatic N) is 2.